The third-order valence-corrected chi connectivity index (χ3v) is 4.79. The second-order valence-corrected chi connectivity index (χ2v) is 6.37. The van der Waals surface area contributed by atoms with Gasteiger partial charge in [0, 0.05) is 10.4 Å². The van der Waals surface area contributed by atoms with E-state index in [1.807, 2.05) is 6.07 Å². The molecule has 2 aromatic rings. The number of amides is 2. The minimum Gasteiger partial charge on any atom is -0.451 e. The van der Waals surface area contributed by atoms with Crippen LogP contribution in [-0.4, -0.2) is 24.4 Å². The number of esters is 1. The fraction of sp³-hybridized carbons (Fsp3) is 0.235. The van der Waals surface area contributed by atoms with Crippen LogP contribution in [0.4, 0.5) is 0 Å². The molecule has 0 radical (unpaired) electrons. The molecule has 3 rings (SSSR count). The van der Waals surface area contributed by atoms with Crippen LogP contribution in [0.15, 0.2) is 36.4 Å². The third-order valence-electron chi connectivity index (χ3n) is 3.57. The van der Waals surface area contributed by atoms with Crippen molar-refractivity contribution >= 4 is 29.1 Å². The summed E-state index contributed by atoms with van der Waals surface area (Å²) in [5.74, 6) is -1.68. The topological polar surface area (TPSA) is 72.5 Å². The van der Waals surface area contributed by atoms with Crippen molar-refractivity contribution in [3.05, 3.63) is 57.3 Å². The molecular formula is C17H15NO4S. The van der Waals surface area contributed by atoms with Crippen molar-refractivity contribution in [2.24, 2.45) is 0 Å². The van der Waals surface area contributed by atoms with Gasteiger partial charge in [-0.15, -0.1) is 11.3 Å². The zero-order valence-corrected chi connectivity index (χ0v) is 13.2. The van der Waals surface area contributed by atoms with E-state index in [0.29, 0.717) is 10.4 Å². The number of rotatable bonds is 4. The van der Waals surface area contributed by atoms with E-state index in [1.165, 1.54) is 21.8 Å². The Morgan fingerprint density at radius 2 is 1.91 bits per heavy atom. The van der Waals surface area contributed by atoms with Gasteiger partial charge in [-0.1, -0.05) is 18.2 Å². The van der Waals surface area contributed by atoms with Crippen molar-refractivity contribution in [2.75, 3.05) is 6.61 Å². The van der Waals surface area contributed by atoms with Gasteiger partial charge in [-0.25, -0.2) is 4.79 Å². The molecule has 0 aliphatic heterocycles. The second kappa shape index (κ2) is 6.75. The summed E-state index contributed by atoms with van der Waals surface area (Å²) in [5.41, 5.74) is 1.58. The molecule has 118 valence electrons. The first-order valence-electron chi connectivity index (χ1n) is 7.31. The van der Waals surface area contributed by atoms with Crippen LogP contribution in [0.3, 0.4) is 0 Å². The summed E-state index contributed by atoms with van der Waals surface area (Å²) in [7, 11) is 0. The maximum atomic E-state index is 11.9. The SMILES string of the molecule is O=C(COC(=O)c1cc2c(s1)CCC2)NC(=O)c1ccccc1. The average Bonchev–Trinajstić information content (AvgIpc) is 3.15. The van der Waals surface area contributed by atoms with E-state index < -0.39 is 24.4 Å². The van der Waals surface area contributed by atoms with Crippen LogP contribution in [0, 0.1) is 0 Å². The van der Waals surface area contributed by atoms with Crippen LogP contribution in [0.2, 0.25) is 0 Å². The second-order valence-electron chi connectivity index (χ2n) is 5.23. The zero-order chi connectivity index (χ0) is 16.2. The van der Waals surface area contributed by atoms with E-state index in [4.69, 9.17) is 4.74 Å². The molecule has 1 aromatic carbocycles. The van der Waals surface area contributed by atoms with Gasteiger partial charge in [0.1, 0.15) is 4.88 Å². The highest BCUT2D eigenvalue weighted by atomic mass is 32.1. The van der Waals surface area contributed by atoms with Gasteiger partial charge in [-0.2, -0.15) is 0 Å². The third kappa shape index (κ3) is 3.65. The lowest BCUT2D eigenvalue weighted by Crippen LogP contribution is -2.34. The van der Waals surface area contributed by atoms with Gasteiger partial charge >= 0.3 is 5.97 Å². The number of hydrogen-bond donors (Lipinski definition) is 1. The number of ether oxygens (including phenoxy) is 1. The minimum atomic E-state index is -0.642. The molecule has 0 bridgehead atoms. The Morgan fingerprint density at radius 1 is 1.13 bits per heavy atom. The molecule has 1 aliphatic carbocycles. The van der Waals surface area contributed by atoms with E-state index in [0.717, 1.165) is 19.3 Å². The molecule has 0 atom stereocenters. The number of aryl methyl sites for hydroxylation is 2. The molecule has 1 heterocycles. The zero-order valence-electron chi connectivity index (χ0n) is 12.3. The van der Waals surface area contributed by atoms with Crippen molar-refractivity contribution in [3.63, 3.8) is 0 Å². The lowest BCUT2D eigenvalue weighted by Gasteiger charge is -2.05. The maximum absolute atomic E-state index is 11.9. The van der Waals surface area contributed by atoms with Crippen LogP contribution in [0.5, 0.6) is 0 Å². The van der Waals surface area contributed by atoms with Crippen molar-refractivity contribution in [2.45, 2.75) is 19.3 Å². The first-order chi connectivity index (χ1) is 11.1. The monoisotopic (exact) mass is 329 g/mol. The quantitative estimate of drug-likeness (QED) is 0.874. The molecule has 0 saturated heterocycles. The number of fused-ring (bicyclic) bond motifs is 1. The molecule has 1 aromatic heterocycles. The molecular weight excluding hydrogens is 314 g/mol. The highest BCUT2D eigenvalue weighted by Crippen LogP contribution is 2.30. The number of nitrogens with one attached hydrogen (secondary N) is 1. The molecule has 0 saturated carbocycles. The Morgan fingerprint density at radius 3 is 2.65 bits per heavy atom. The number of carbonyl (C=O) groups excluding carboxylic acids is 3. The first kappa shape index (κ1) is 15.4. The lowest BCUT2D eigenvalue weighted by molar-refractivity contribution is -0.123. The normalized spacial score (nSPS) is 12.5. The summed E-state index contributed by atoms with van der Waals surface area (Å²) < 4.78 is 4.97. The van der Waals surface area contributed by atoms with E-state index in [-0.39, 0.29) is 0 Å². The summed E-state index contributed by atoms with van der Waals surface area (Å²) in [4.78, 5) is 37.2. The van der Waals surface area contributed by atoms with Gasteiger partial charge in [0.05, 0.1) is 0 Å². The minimum absolute atomic E-state index is 0.377. The molecule has 1 aliphatic rings. The summed E-state index contributed by atoms with van der Waals surface area (Å²) >= 11 is 1.42. The van der Waals surface area contributed by atoms with E-state index in [1.54, 1.807) is 30.3 Å². The summed E-state index contributed by atoms with van der Waals surface area (Å²) in [5, 5.41) is 2.19. The predicted molar refractivity (Wildman–Crippen MR) is 85.5 cm³/mol. The summed E-state index contributed by atoms with van der Waals surface area (Å²) in [6, 6.07) is 10.2. The van der Waals surface area contributed by atoms with E-state index >= 15 is 0 Å². The van der Waals surface area contributed by atoms with Crippen molar-refractivity contribution < 1.29 is 19.1 Å². The van der Waals surface area contributed by atoms with E-state index in [2.05, 4.69) is 5.32 Å². The fourth-order valence-electron chi connectivity index (χ4n) is 2.46. The molecule has 0 spiro atoms. The maximum Gasteiger partial charge on any atom is 0.348 e. The molecule has 6 heteroatoms. The molecule has 0 unspecified atom stereocenters. The lowest BCUT2D eigenvalue weighted by atomic mass is 10.2. The number of carbonyl (C=O) groups is 3. The van der Waals surface area contributed by atoms with Crippen LogP contribution in [-0.2, 0) is 22.4 Å². The highest BCUT2D eigenvalue weighted by molar-refractivity contribution is 7.14. The number of imide groups is 1. The summed E-state index contributed by atoms with van der Waals surface area (Å²) in [6.07, 6.45) is 3.12. The van der Waals surface area contributed by atoms with Crippen molar-refractivity contribution in [3.8, 4) is 0 Å². The fourth-order valence-corrected chi connectivity index (χ4v) is 3.60. The Labute approximate surface area is 137 Å². The van der Waals surface area contributed by atoms with Gasteiger partial charge in [0.2, 0.25) is 0 Å². The summed E-state index contributed by atoms with van der Waals surface area (Å²) in [6.45, 7) is -0.472. The molecule has 2 amide bonds. The Bertz CT molecular complexity index is 730. The Balaban J connectivity index is 1.50. The molecule has 1 N–H and O–H groups in total. The van der Waals surface area contributed by atoms with Crippen LogP contribution in [0.1, 0.15) is 36.9 Å². The van der Waals surface area contributed by atoms with Crippen molar-refractivity contribution in [1.82, 2.24) is 5.32 Å². The molecule has 23 heavy (non-hydrogen) atoms. The van der Waals surface area contributed by atoms with Gasteiger partial charge in [0.15, 0.2) is 6.61 Å². The smallest absolute Gasteiger partial charge is 0.348 e. The van der Waals surface area contributed by atoms with Crippen LogP contribution < -0.4 is 5.32 Å². The Kier molecular flexibility index (Phi) is 4.52. The van der Waals surface area contributed by atoms with Crippen LogP contribution >= 0.6 is 11.3 Å². The standard InChI is InChI=1S/C17H15NO4S/c19-15(18-16(20)11-5-2-1-3-6-11)10-22-17(21)14-9-12-7-4-8-13(12)23-14/h1-3,5-6,9H,4,7-8,10H2,(H,18,19,20). The molecule has 0 fully saturated rings. The largest absolute Gasteiger partial charge is 0.451 e. The number of thiophene rings is 1. The van der Waals surface area contributed by atoms with E-state index in [9.17, 15) is 14.4 Å². The van der Waals surface area contributed by atoms with Gasteiger partial charge in [-0.05, 0) is 43.0 Å². The first-order valence-corrected chi connectivity index (χ1v) is 8.13. The Hall–Kier alpha value is -2.47. The predicted octanol–water partition coefficient (Wildman–Crippen LogP) is 2.35. The molecule has 5 nitrogen and oxygen atoms in total. The highest BCUT2D eigenvalue weighted by Gasteiger charge is 2.20. The average molecular weight is 329 g/mol. The van der Waals surface area contributed by atoms with Crippen molar-refractivity contribution in [1.29, 1.82) is 0 Å². The van der Waals surface area contributed by atoms with Gasteiger partial charge in [0.25, 0.3) is 11.8 Å². The number of benzene rings is 1. The van der Waals surface area contributed by atoms with Gasteiger partial charge in [-0.3, -0.25) is 14.9 Å². The van der Waals surface area contributed by atoms with Gasteiger partial charge < -0.3 is 4.74 Å². The van der Waals surface area contributed by atoms with Crippen LogP contribution in [0.25, 0.3) is 0 Å². The number of hydrogen-bond acceptors (Lipinski definition) is 5.